The first-order valence-corrected chi connectivity index (χ1v) is 9.16. The Morgan fingerprint density at radius 1 is 0.821 bits per heavy atom. The predicted molar refractivity (Wildman–Crippen MR) is 109 cm³/mol. The van der Waals surface area contributed by atoms with Crippen LogP contribution in [0.5, 0.6) is 0 Å². The maximum absolute atomic E-state index is 11.0. The summed E-state index contributed by atoms with van der Waals surface area (Å²) in [6.07, 6.45) is 2.92. The van der Waals surface area contributed by atoms with Crippen molar-refractivity contribution in [3.8, 4) is 16.8 Å². The van der Waals surface area contributed by atoms with Gasteiger partial charge in [-0.05, 0) is 23.8 Å². The van der Waals surface area contributed by atoms with Gasteiger partial charge in [-0.15, -0.1) is 0 Å². The Morgan fingerprint density at radius 2 is 1.50 bits per heavy atom. The van der Waals surface area contributed by atoms with Crippen molar-refractivity contribution >= 4 is 11.0 Å². The fourth-order valence-electron chi connectivity index (χ4n) is 3.52. The van der Waals surface area contributed by atoms with Gasteiger partial charge in [-0.25, -0.2) is 4.68 Å². The highest BCUT2D eigenvalue weighted by atomic mass is 16.4. The van der Waals surface area contributed by atoms with E-state index in [4.69, 9.17) is 4.42 Å². The minimum absolute atomic E-state index is 0.528. The number of fused-ring (bicyclic) bond motifs is 1. The molecule has 5 rings (SSSR count). The summed E-state index contributed by atoms with van der Waals surface area (Å²) in [5.74, 6) is 0.528. The molecule has 28 heavy (non-hydrogen) atoms. The van der Waals surface area contributed by atoms with Crippen molar-refractivity contribution in [3.63, 3.8) is 0 Å². The molecule has 0 spiro atoms. The molecule has 0 fully saturated rings. The van der Waals surface area contributed by atoms with Crippen LogP contribution in [0.2, 0.25) is 0 Å². The molecule has 0 amide bonds. The lowest BCUT2D eigenvalue weighted by molar-refractivity contribution is 0.193. The Morgan fingerprint density at radius 3 is 2.29 bits per heavy atom. The SMILES string of the molecule is OC(c1ccccc1)c1oc2ccccc2c1-c1cnn(-c2ccccc2)c1. The van der Waals surface area contributed by atoms with Crippen LogP contribution in [-0.4, -0.2) is 14.9 Å². The highest BCUT2D eigenvalue weighted by molar-refractivity contribution is 5.95. The molecule has 0 saturated heterocycles. The van der Waals surface area contributed by atoms with E-state index in [1.807, 2.05) is 102 Å². The van der Waals surface area contributed by atoms with Crippen LogP contribution in [0.1, 0.15) is 17.4 Å². The lowest BCUT2D eigenvalue weighted by Crippen LogP contribution is -1.99. The van der Waals surface area contributed by atoms with Gasteiger partial charge in [0.25, 0.3) is 0 Å². The molecule has 0 bridgehead atoms. The van der Waals surface area contributed by atoms with E-state index in [1.54, 1.807) is 0 Å². The van der Waals surface area contributed by atoms with Crippen LogP contribution in [0.4, 0.5) is 0 Å². The number of hydrogen-bond donors (Lipinski definition) is 1. The molecule has 1 N–H and O–H groups in total. The van der Waals surface area contributed by atoms with Crippen LogP contribution in [0.25, 0.3) is 27.8 Å². The molecule has 1 atom stereocenters. The fourth-order valence-corrected chi connectivity index (χ4v) is 3.52. The quantitative estimate of drug-likeness (QED) is 0.465. The van der Waals surface area contributed by atoms with E-state index in [0.29, 0.717) is 5.76 Å². The molecule has 4 heteroatoms. The third kappa shape index (κ3) is 2.80. The zero-order valence-electron chi connectivity index (χ0n) is 15.1. The van der Waals surface area contributed by atoms with Crippen molar-refractivity contribution in [1.82, 2.24) is 9.78 Å². The van der Waals surface area contributed by atoms with E-state index >= 15 is 0 Å². The summed E-state index contributed by atoms with van der Waals surface area (Å²) in [5.41, 5.74) is 4.29. The molecule has 0 aliphatic carbocycles. The highest BCUT2D eigenvalue weighted by Crippen LogP contribution is 2.40. The van der Waals surface area contributed by atoms with Crippen LogP contribution < -0.4 is 0 Å². The van der Waals surface area contributed by atoms with Gasteiger partial charge >= 0.3 is 0 Å². The van der Waals surface area contributed by atoms with Crippen LogP contribution in [0, 0.1) is 0 Å². The molecule has 0 aliphatic heterocycles. The molecule has 3 aromatic carbocycles. The number of rotatable bonds is 4. The summed E-state index contributed by atoms with van der Waals surface area (Å²) in [5, 5.41) is 16.5. The zero-order valence-corrected chi connectivity index (χ0v) is 15.1. The van der Waals surface area contributed by atoms with Crippen molar-refractivity contribution < 1.29 is 9.52 Å². The molecule has 0 radical (unpaired) electrons. The lowest BCUT2D eigenvalue weighted by atomic mass is 9.99. The van der Waals surface area contributed by atoms with Gasteiger partial charge in [0.15, 0.2) is 0 Å². The zero-order chi connectivity index (χ0) is 18.9. The maximum Gasteiger partial charge on any atom is 0.146 e. The maximum atomic E-state index is 11.0. The van der Waals surface area contributed by atoms with Crippen molar-refractivity contribution in [2.24, 2.45) is 0 Å². The average Bonchev–Trinajstić information content (AvgIpc) is 3.39. The predicted octanol–water partition coefficient (Wildman–Crippen LogP) is 5.37. The molecule has 2 heterocycles. The summed E-state index contributed by atoms with van der Waals surface area (Å²) in [6.45, 7) is 0. The van der Waals surface area contributed by atoms with Crippen molar-refractivity contribution in [2.75, 3.05) is 0 Å². The summed E-state index contributed by atoms with van der Waals surface area (Å²) in [7, 11) is 0. The monoisotopic (exact) mass is 366 g/mol. The van der Waals surface area contributed by atoms with E-state index in [0.717, 1.165) is 33.3 Å². The van der Waals surface area contributed by atoms with Gasteiger partial charge in [0, 0.05) is 22.7 Å². The molecule has 2 aromatic heterocycles. The standard InChI is InChI=1S/C24H18N2O2/c27-23(17-9-3-1-4-10-17)24-22(20-13-7-8-14-21(20)28-24)18-15-25-26(16-18)19-11-5-2-6-12-19/h1-16,23,27H. The van der Waals surface area contributed by atoms with Gasteiger partial charge in [0.2, 0.25) is 0 Å². The molecular weight excluding hydrogens is 348 g/mol. The van der Waals surface area contributed by atoms with Crippen LogP contribution >= 0.6 is 0 Å². The van der Waals surface area contributed by atoms with E-state index in [9.17, 15) is 5.11 Å². The van der Waals surface area contributed by atoms with E-state index in [2.05, 4.69) is 5.10 Å². The number of aromatic nitrogens is 2. The Labute approximate surface area is 162 Å². The minimum atomic E-state index is -0.858. The second-order valence-electron chi connectivity index (χ2n) is 6.66. The minimum Gasteiger partial charge on any atom is -0.457 e. The van der Waals surface area contributed by atoms with Crippen molar-refractivity contribution in [2.45, 2.75) is 6.10 Å². The Bertz CT molecular complexity index is 1220. The third-order valence-electron chi connectivity index (χ3n) is 4.88. The van der Waals surface area contributed by atoms with Gasteiger partial charge in [-0.1, -0.05) is 66.7 Å². The molecule has 0 saturated carbocycles. The summed E-state index contributed by atoms with van der Waals surface area (Å²) in [4.78, 5) is 0. The van der Waals surface area contributed by atoms with Gasteiger partial charge < -0.3 is 9.52 Å². The number of furan rings is 1. The molecule has 136 valence electrons. The topological polar surface area (TPSA) is 51.2 Å². The second kappa shape index (κ2) is 6.83. The van der Waals surface area contributed by atoms with Crippen LogP contribution in [-0.2, 0) is 0 Å². The van der Waals surface area contributed by atoms with E-state index < -0.39 is 6.10 Å². The number of nitrogens with zero attached hydrogens (tertiary/aromatic N) is 2. The van der Waals surface area contributed by atoms with Crippen LogP contribution in [0.15, 0.2) is 102 Å². The third-order valence-corrected chi connectivity index (χ3v) is 4.88. The molecule has 1 unspecified atom stereocenters. The first-order valence-electron chi connectivity index (χ1n) is 9.16. The number of benzene rings is 3. The van der Waals surface area contributed by atoms with Gasteiger partial charge in [0.1, 0.15) is 17.4 Å². The van der Waals surface area contributed by atoms with Gasteiger partial charge in [-0.3, -0.25) is 0 Å². The molecule has 0 aliphatic rings. The first-order chi connectivity index (χ1) is 13.8. The van der Waals surface area contributed by atoms with Gasteiger partial charge in [0.05, 0.1) is 11.9 Å². The average molecular weight is 366 g/mol. The Kier molecular flexibility index (Phi) is 4.04. The Hall–Kier alpha value is -3.63. The number of hydrogen-bond acceptors (Lipinski definition) is 3. The normalized spacial score (nSPS) is 12.3. The van der Waals surface area contributed by atoms with Crippen molar-refractivity contribution in [1.29, 1.82) is 0 Å². The fraction of sp³-hybridized carbons (Fsp3) is 0.0417. The van der Waals surface area contributed by atoms with E-state index in [-0.39, 0.29) is 0 Å². The smallest absolute Gasteiger partial charge is 0.146 e. The number of aliphatic hydroxyl groups excluding tert-OH is 1. The molecule has 4 nitrogen and oxygen atoms in total. The number of para-hydroxylation sites is 2. The summed E-state index contributed by atoms with van der Waals surface area (Å²) >= 11 is 0. The molecule has 5 aromatic rings. The highest BCUT2D eigenvalue weighted by Gasteiger charge is 2.24. The van der Waals surface area contributed by atoms with E-state index in [1.165, 1.54) is 0 Å². The van der Waals surface area contributed by atoms with Crippen molar-refractivity contribution in [3.05, 3.63) is 109 Å². The molecular formula is C24H18N2O2. The summed E-state index contributed by atoms with van der Waals surface area (Å²) in [6, 6.07) is 27.3. The second-order valence-corrected chi connectivity index (χ2v) is 6.66. The van der Waals surface area contributed by atoms with Crippen LogP contribution in [0.3, 0.4) is 0 Å². The lowest BCUT2D eigenvalue weighted by Gasteiger charge is -2.10. The van der Waals surface area contributed by atoms with Gasteiger partial charge in [-0.2, -0.15) is 5.10 Å². The number of aliphatic hydroxyl groups is 1. The Balaban J connectivity index is 1.68. The summed E-state index contributed by atoms with van der Waals surface area (Å²) < 4.78 is 7.93. The first kappa shape index (κ1) is 16.5. The largest absolute Gasteiger partial charge is 0.457 e.